The van der Waals surface area contributed by atoms with Gasteiger partial charge in [-0.15, -0.1) is 0 Å². The van der Waals surface area contributed by atoms with Crippen LogP contribution in [-0.2, 0) is 6.61 Å². The van der Waals surface area contributed by atoms with E-state index < -0.39 is 0 Å². The van der Waals surface area contributed by atoms with Crippen molar-refractivity contribution in [1.82, 2.24) is 4.98 Å². The van der Waals surface area contributed by atoms with Crippen molar-refractivity contribution < 1.29 is 4.74 Å². The van der Waals surface area contributed by atoms with Crippen LogP contribution in [-0.4, -0.2) is 11.2 Å². The van der Waals surface area contributed by atoms with Crippen LogP contribution in [0.5, 0.6) is 5.75 Å². The molecule has 1 unspecified atom stereocenters. The van der Waals surface area contributed by atoms with Crippen molar-refractivity contribution in [3.8, 4) is 22.9 Å². The zero-order valence-corrected chi connectivity index (χ0v) is 21.1. The number of aryl methyl sites for hydroxylation is 1. The van der Waals surface area contributed by atoms with Gasteiger partial charge in [-0.25, -0.2) is 4.98 Å². The summed E-state index contributed by atoms with van der Waals surface area (Å²) < 4.78 is 6.33. The van der Waals surface area contributed by atoms with Gasteiger partial charge in [0.1, 0.15) is 24.1 Å². The average Bonchev–Trinajstić information content (AvgIpc) is 2.88. The van der Waals surface area contributed by atoms with Gasteiger partial charge in [0, 0.05) is 23.7 Å². The van der Waals surface area contributed by atoms with Gasteiger partial charge in [-0.1, -0.05) is 50.2 Å². The Bertz CT molecular complexity index is 1560. The van der Waals surface area contributed by atoms with Crippen molar-refractivity contribution in [2.45, 2.75) is 40.2 Å². The summed E-state index contributed by atoms with van der Waals surface area (Å²) in [5, 5.41) is 10.7. The molecule has 0 fully saturated rings. The number of nitrogens with zero attached hydrogens (tertiary/aromatic N) is 3. The highest BCUT2D eigenvalue weighted by Crippen LogP contribution is 2.38. The maximum absolute atomic E-state index is 9.64. The van der Waals surface area contributed by atoms with E-state index in [4.69, 9.17) is 4.74 Å². The lowest BCUT2D eigenvalue weighted by Crippen LogP contribution is -2.05. The Hall–Kier alpha value is -4.23. The number of fused-ring (bicyclic) bond motifs is 6. The number of benzene rings is 3. The van der Waals surface area contributed by atoms with Gasteiger partial charge in [0.15, 0.2) is 0 Å². The third-order valence-corrected chi connectivity index (χ3v) is 6.58. The molecule has 1 atom stereocenters. The van der Waals surface area contributed by atoms with Gasteiger partial charge in [-0.3, -0.25) is 4.99 Å². The summed E-state index contributed by atoms with van der Waals surface area (Å²) in [5.74, 6) is 1.26. The maximum Gasteiger partial charge on any atom is 0.141 e. The van der Waals surface area contributed by atoms with Crippen LogP contribution in [0.3, 0.4) is 0 Å². The molecule has 1 aromatic heterocycles. The quantitative estimate of drug-likeness (QED) is 0.287. The van der Waals surface area contributed by atoms with E-state index in [1.54, 1.807) is 0 Å². The molecule has 0 saturated heterocycles. The van der Waals surface area contributed by atoms with Crippen LogP contribution in [0.2, 0.25) is 0 Å². The highest BCUT2D eigenvalue weighted by atomic mass is 16.5. The summed E-state index contributed by atoms with van der Waals surface area (Å²) in [5.41, 5.74) is 8.88. The van der Waals surface area contributed by atoms with Gasteiger partial charge in [-0.2, -0.15) is 5.26 Å². The summed E-state index contributed by atoms with van der Waals surface area (Å²) in [7, 11) is 0. The lowest BCUT2D eigenvalue weighted by Gasteiger charge is -2.21. The SMILES string of the molecule is C/C(=C\N=CC(C)C)C1c2ccc(C)c(c2)OCc2cccc(c2)-c2cc(C#N)nc3ccc1cc23. The zero-order chi connectivity index (χ0) is 25.2. The van der Waals surface area contributed by atoms with Gasteiger partial charge in [0.2, 0.25) is 0 Å². The minimum atomic E-state index is -0.00554. The number of nitriles is 1. The van der Waals surface area contributed by atoms with E-state index in [0.29, 0.717) is 18.2 Å². The fourth-order valence-electron chi connectivity index (χ4n) is 4.79. The van der Waals surface area contributed by atoms with Crippen LogP contribution in [0.4, 0.5) is 0 Å². The number of hydrogen-bond acceptors (Lipinski definition) is 4. The van der Waals surface area contributed by atoms with Crippen LogP contribution >= 0.6 is 0 Å². The molecule has 4 nitrogen and oxygen atoms in total. The van der Waals surface area contributed by atoms with E-state index in [1.807, 2.05) is 30.6 Å². The summed E-state index contributed by atoms with van der Waals surface area (Å²) in [6.07, 6.45) is 3.93. The van der Waals surface area contributed by atoms with Crippen LogP contribution < -0.4 is 4.74 Å². The van der Waals surface area contributed by atoms with Crippen molar-refractivity contribution >= 4 is 17.1 Å². The number of ether oxygens (including phenoxy) is 1. The van der Waals surface area contributed by atoms with E-state index in [-0.39, 0.29) is 5.92 Å². The van der Waals surface area contributed by atoms with Crippen LogP contribution in [0.15, 0.2) is 83.5 Å². The van der Waals surface area contributed by atoms with Gasteiger partial charge in [0.05, 0.1) is 5.52 Å². The highest BCUT2D eigenvalue weighted by molar-refractivity contribution is 5.95. The van der Waals surface area contributed by atoms with Gasteiger partial charge < -0.3 is 4.74 Å². The number of aromatic nitrogens is 1. The molecule has 5 rings (SSSR count). The van der Waals surface area contributed by atoms with Crippen molar-refractivity contribution in [3.63, 3.8) is 0 Å². The average molecular weight is 472 g/mol. The Kier molecular flexibility index (Phi) is 6.40. The number of aliphatic imine (C=N–C) groups is 1. The molecule has 0 N–H and O–H groups in total. The van der Waals surface area contributed by atoms with Crippen molar-refractivity contribution in [1.29, 1.82) is 5.26 Å². The molecule has 0 spiro atoms. The molecule has 4 heteroatoms. The normalized spacial score (nSPS) is 15.3. The van der Waals surface area contributed by atoms with Crippen molar-refractivity contribution in [2.75, 3.05) is 0 Å². The molecule has 2 heterocycles. The topological polar surface area (TPSA) is 58.3 Å². The van der Waals surface area contributed by atoms with Gasteiger partial charge >= 0.3 is 0 Å². The first-order valence-corrected chi connectivity index (χ1v) is 12.3. The highest BCUT2D eigenvalue weighted by Gasteiger charge is 2.20. The maximum atomic E-state index is 9.64. The number of pyridine rings is 1. The number of allylic oxidation sites excluding steroid dienone is 1. The first-order valence-electron chi connectivity index (χ1n) is 12.3. The van der Waals surface area contributed by atoms with E-state index in [9.17, 15) is 5.26 Å². The van der Waals surface area contributed by atoms with Gasteiger partial charge in [0.25, 0.3) is 0 Å². The Labute approximate surface area is 212 Å². The van der Waals surface area contributed by atoms with E-state index in [1.165, 1.54) is 0 Å². The fourth-order valence-corrected chi connectivity index (χ4v) is 4.79. The summed E-state index contributed by atoms with van der Waals surface area (Å²) in [6, 6.07) is 25.3. The molecule has 0 aliphatic carbocycles. The lowest BCUT2D eigenvalue weighted by molar-refractivity contribution is 0.304. The van der Waals surface area contributed by atoms with Gasteiger partial charge in [-0.05, 0) is 89.1 Å². The molecular formula is C32H29N3O. The van der Waals surface area contributed by atoms with E-state index in [0.717, 1.165) is 55.6 Å². The number of rotatable bonds is 3. The zero-order valence-electron chi connectivity index (χ0n) is 21.1. The summed E-state index contributed by atoms with van der Waals surface area (Å²) >= 11 is 0. The minimum absolute atomic E-state index is 0.00554. The lowest BCUT2D eigenvalue weighted by atomic mass is 9.84. The Balaban J connectivity index is 1.80. The molecule has 0 saturated carbocycles. The minimum Gasteiger partial charge on any atom is -0.489 e. The second kappa shape index (κ2) is 9.79. The van der Waals surface area contributed by atoms with E-state index >= 15 is 0 Å². The first-order chi connectivity index (χ1) is 17.4. The summed E-state index contributed by atoms with van der Waals surface area (Å²) in [6.45, 7) is 8.92. The van der Waals surface area contributed by atoms with Crippen LogP contribution in [0, 0.1) is 24.2 Å². The Morgan fingerprint density at radius 3 is 2.69 bits per heavy atom. The molecule has 178 valence electrons. The third-order valence-electron chi connectivity index (χ3n) is 6.58. The predicted octanol–water partition coefficient (Wildman–Crippen LogP) is 7.74. The molecule has 0 amide bonds. The largest absolute Gasteiger partial charge is 0.489 e. The van der Waals surface area contributed by atoms with Crippen LogP contribution in [0.25, 0.3) is 22.0 Å². The Morgan fingerprint density at radius 1 is 1.08 bits per heavy atom. The third kappa shape index (κ3) is 4.65. The molecule has 6 bridgehead atoms. The molecule has 1 aliphatic rings. The molecule has 36 heavy (non-hydrogen) atoms. The Morgan fingerprint density at radius 2 is 1.89 bits per heavy atom. The molecule has 3 aromatic carbocycles. The monoisotopic (exact) mass is 471 g/mol. The predicted molar refractivity (Wildman–Crippen MR) is 146 cm³/mol. The smallest absolute Gasteiger partial charge is 0.141 e. The van der Waals surface area contributed by atoms with Crippen molar-refractivity contribution in [3.05, 3.63) is 106 Å². The molecule has 0 radical (unpaired) electrons. The second-order valence-corrected chi connectivity index (χ2v) is 9.81. The van der Waals surface area contributed by atoms with Crippen molar-refractivity contribution in [2.24, 2.45) is 10.9 Å². The molecule has 4 aromatic rings. The van der Waals surface area contributed by atoms with E-state index in [2.05, 4.69) is 92.3 Å². The fraction of sp³-hybridized carbons (Fsp3) is 0.219. The second-order valence-electron chi connectivity index (χ2n) is 9.81. The first kappa shape index (κ1) is 23.5. The standard InChI is InChI=1S/C32H29N3O/c1-20(2)17-34-18-22(4)32-25-10-11-30-29(13-25)28(15-27(16-33)35-30)24-7-5-6-23(12-24)19-36-31-14-26(32)9-8-21(31)3/h5-15,17-18,20,32H,19H2,1-4H3/b22-18+,34-17?. The molecular weight excluding hydrogens is 442 g/mol. The molecule has 1 aliphatic heterocycles. The summed E-state index contributed by atoms with van der Waals surface area (Å²) in [4.78, 5) is 9.21. The number of hydrogen-bond donors (Lipinski definition) is 0. The van der Waals surface area contributed by atoms with Crippen LogP contribution in [0.1, 0.15) is 54.6 Å².